The molecule has 0 aliphatic heterocycles. The molecule has 0 aromatic heterocycles. The van der Waals surface area contributed by atoms with Crippen LogP contribution in [0.15, 0.2) is 10.6 Å². The van der Waals surface area contributed by atoms with Crippen LogP contribution < -0.4 is 0 Å². The number of hydrogen-bond acceptors (Lipinski definition) is 2. The fourth-order valence-electron chi connectivity index (χ4n) is 0.570. The molecule has 0 amide bonds. The normalized spacial score (nSPS) is 15.3. The zero-order valence-electron chi connectivity index (χ0n) is 7.00. The van der Waals surface area contributed by atoms with Crippen molar-refractivity contribution < 1.29 is 14.4 Å². The van der Waals surface area contributed by atoms with E-state index in [-0.39, 0.29) is 11.7 Å². The predicted molar refractivity (Wildman–Crippen MR) is 51.1 cm³/mol. The quantitative estimate of drug-likeness (QED) is 0.571. The van der Waals surface area contributed by atoms with E-state index in [4.69, 9.17) is 21.2 Å². The van der Waals surface area contributed by atoms with Crippen molar-refractivity contribution in [3.05, 3.63) is 10.6 Å². The maximum absolute atomic E-state index is 10.4. The van der Waals surface area contributed by atoms with Crippen molar-refractivity contribution >= 4 is 27.0 Å². The Bertz CT molecular complexity index is 203. The lowest BCUT2D eigenvalue weighted by Gasteiger charge is -2.08. The summed E-state index contributed by atoms with van der Waals surface area (Å²) in [4.78, 5) is 10.4. The van der Waals surface area contributed by atoms with Gasteiger partial charge in [0.15, 0.2) is 0 Å². The lowest BCUT2D eigenvalue weighted by atomic mass is 10.2. The van der Waals surface area contributed by atoms with Gasteiger partial charge in [-0.15, -0.1) is 0 Å². The molecule has 0 saturated carbocycles. The summed E-state index contributed by atoms with van der Waals surface area (Å²) in [6.45, 7) is 3.28. The number of carboxylic acids is 1. The number of aliphatic carboxylic acids is 1. The Kier molecular flexibility index (Phi) is 5.47. The van der Waals surface area contributed by atoms with E-state index in [0.29, 0.717) is 11.5 Å². The summed E-state index contributed by atoms with van der Waals surface area (Å²) >= 11 is 5.71. The van der Waals surface area contributed by atoms with E-state index in [1.165, 1.54) is 6.92 Å². The van der Waals surface area contributed by atoms with Gasteiger partial charge in [0.05, 0.1) is 6.10 Å². The third-order valence-electron chi connectivity index (χ3n) is 1.43. The molecular formula is C7H12ClO3P. The lowest BCUT2D eigenvalue weighted by Crippen LogP contribution is -2.05. The van der Waals surface area contributed by atoms with Gasteiger partial charge < -0.3 is 9.63 Å². The second-order valence-corrected chi connectivity index (χ2v) is 3.21. The fourth-order valence-corrected chi connectivity index (χ4v) is 0.964. The number of rotatable bonds is 4. The molecule has 0 aliphatic carbocycles. The minimum atomic E-state index is -0.990. The summed E-state index contributed by atoms with van der Waals surface area (Å²) < 4.78 is 4.86. The topological polar surface area (TPSA) is 46.5 Å². The minimum absolute atomic E-state index is 0.0863. The second-order valence-electron chi connectivity index (χ2n) is 2.49. The van der Waals surface area contributed by atoms with Gasteiger partial charge in [0.25, 0.3) is 0 Å². The first-order valence-electron chi connectivity index (χ1n) is 3.43. The first kappa shape index (κ1) is 11.9. The predicted octanol–water partition coefficient (Wildman–Crippen LogP) is 2.17. The smallest absolute Gasteiger partial charge is 0.332 e. The van der Waals surface area contributed by atoms with E-state index in [1.807, 2.05) is 6.92 Å². The van der Waals surface area contributed by atoms with Gasteiger partial charge in [-0.25, -0.2) is 4.79 Å². The van der Waals surface area contributed by atoms with Crippen molar-refractivity contribution in [3.63, 3.8) is 0 Å². The van der Waals surface area contributed by atoms with Gasteiger partial charge in [-0.1, -0.05) is 11.6 Å². The first-order valence-corrected chi connectivity index (χ1v) is 4.28. The molecule has 0 aromatic carbocycles. The zero-order valence-corrected chi connectivity index (χ0v) is 8.91. The van der Waals surface area contributed by atoms with Crippen LogP contribution in [-0.4, -0.2) is 17.2 Å². The van der Waals surface area contributed by atoms with Crippen LogP contribution in [0.2, 0.25) is 0 Å². The monoisotopic (exact) mass is 210 g/mol. The van der Waals surface area contributed by atoms with Gasteiger partial charge >= 0.3 is 5.97 Å². The molecule has 1 N–H and O–H groups in total. The lowest BCUT2D eigenvalue weighted by molar-refractivity contribution is -0.132. The van der Waals surface area contributed by atoms with E-state index in [0.717, 1.165) is 0 Å². The van der Waals surface area contributed by atoms with Crippen LogP contribution in [0.25, 0.3) is 0 Å². The number of hydrogen-bond donors (Lipinski definition) is 1. The Balaban J connectivity index is 4.26. The molecule has 3 nitrogen and oxygen atoms in total. The maximum atomic E-state index is 10.4. The zero-order chi connectivity index (χ0) is 9.72. The molecule has 0 heterocycles. The molecule has 12 heavy (non-hydrogen) atoms. The molecule has 5 heteroatoms. The van der Waals surface area contributed by atoms with Crippen molar-refractivity contribution in [2.75, 3.05) is 0 Å². The van der Waals surface area contributed by atoms with Gasteiger partial charge in [0.2, 0.25) is 0 Å². The van der Waals surface area contributed by atoms with Gasteiger partial charge in [-0.2, -0.15) is 0 Å². The molecule has 0 aliphatic rings. The molecule has 0 aromatic rings. The van der Waals surface area contributed by atoms with E-state index < -0.39 is 5.97 Å². The molecular weight excluding hydrogens is 199 g/mol. The second kappa shape index (κ2) is 5.52. The van der Waals surface area contributed by atoms with Crippen LogP contribution in [0, 0.1) is 0 Å². The third-order valence-corrected chi connectivity index (χ3v) is 2.33. The summed E-state index contributed by atoms with van der Waals surface area (Å²) in [5.41, 5.74) is 0.172. The van der Waals surface area contributed by atoms with Crippen molar-refractivity contribution in [2.24, 2.45) is 0 Å². The van der Waals surface area contributed by atoms with Crippen molar-refractivity contribution in [1.82, 2.24) is 0 Å². The number of carboxylic acid groups (broad SMARTS) is 1. The Morgan fingerprint density at radius 2 is 2.25 bits per heavy atom. The Labute approximate surface area is 79.0 Å². The molecule has 0 rings (SSSR count). The Morgan fingerprint density at radius 1 is 1.75 bits per heavy atom. The highest BCUT2D eigenvalue weighted by Gasteiger charge is 2.10. The molecule has 0 bridgehead atoms. The van der Waals surface area contributed by atoms with Crippen molar-refractivity contribution in [2.45, 2.75) is 26.4 Å². The molecule has 0 radical (unpaired) electrons. The van der Waals surface area contributed by atoms with Crippen LogP contribution in [0.4, 0.5) is 0 Å². The van der Waals surface area contributed by atoms with Crippen LogP contribution in [0.1, 0.15) is 20.3 Å². The fraction of sp³-hybridized carbons (Fsp3) is 0.571. The molecule has 70 valence electrons. The van der Waals surface area contributed by atoms with E-state index in [9.17, 15) is 4.79 Å². The molecule has 2 unspecified atom stereocenters. The molecule has 0 saturated heterocycles. The van der Waals surface area contributed by atoms with Crippen LogP contribution >= 0.6 is 21.1 Å². The van der Waals surface area contributed by atoms with E-state index >= 15 is 0 Å². The highest BCUT2D eigenvalue weighted by molar-refractivity contribution is 7.09. The minimum Gasteiger partial charge on any atom is -0.478 e. The SMILES string of the molecule is CC(C(=O)O)=C(Cl)CC(C)OP. The van der Waals surface area contributed by atoms with Gasteiger partial charge in [-0.3, -0.25) is 0 Å². The number of carbonyl (C=O) groups is 1. The summed E-state index contributed by atoms with van der Waals surface area (Å²) in [5.74, 6) is -0.990. The highest BCUT2D eigenvalue weighted by Crippen LogP contribution is 2.18. The number of halogens is 1. The average molecular weight is 211 g/mol. The van der Waals surface area contributed by atoms with E-state index in [1.54, 1.807) is 0 Å². The van der Waals surface area contributed by atoms with Crippen molar-refractivity contribution in [3.8, 4) is 0 Å². The third kappa shape index (κ3) is 4.05. The average Bonchev–Trinajstić information content (AvgIpc) is 2.02. The van der Waals surface area contributed by atoms with Crippen LogP contribution in [-0.2, 0) is 9.32 Å². The molecule has 0 spiro atoms. The summed E-state index contributed by atoms with van der Waals surface area (Å²) in [6, 6.07) is 0. The van der Waals surface area contributed by atoms with Gasteiger partial charge in [0.1, 0.15) is 0 Å². The van der Waals surface area contributed by atoms with E-state index in [2.05, 4.69) is 9.47 Å². The Morgan fingerprint density at radius 3 is 2.58 bits per heavy atom. The molecule has 2 atom stereocenters. The summed E-state index contributed by atoms with van der Waals surface area (Å²) in [6.07, 6.45) is 0.334. The Hall–Kier alpha value is -0.110. The van der Waals surface area contributed by atoms with Crippen LogP contribution in [0.5, 0.6) is 0 Å². The highest BCUT2D eigenvalue weighted by atomic mass is 35.5. The standard InChI is InChI=1S/C7H12ClO3P/c1-4(11-12)3-6(8)5(2)7(9)10/h4H,3,12H2,1-2H3,(H,9,10). The molecule has 0 fully saturated rings. The van der Waals surface area contributed by atoms with Crippen molar-refractivity contribution in [1.29, 1.82) is 0 Å². The first-order chi connectivity index (χ1) is 5.49. The summed E-state index contributed by atoms with van der Waals surface area (Å²) in [7, 11) is 2.11. The maximum Gasteiger partial charge on any atom is 0.332 e. The van der Waals surface area contributed by atoms with Gasteiger partial charge in [0, 0.05) is 26.5 Å². The van der Waals surface area contributed by atoms with Gasteiger partial charge in [-0.05, 0) is 13.8 Å². The largest absolute Gasteiger partial charge is 0.478 e. The summed E-state index contributed by atoms with van der Waals surface area (Å²) in [5, 5.41) is 8.88. The van der Waals surface area contributed by atoms with Crippen LogP contribution in [0.3, 0.4) is 0 Å².